The van der Waals surface area contributed by atoms with Gasteiger partial charge >= 0.3 is 68.7 Å². The second-order valence-corrected chi connectivity index (χ2v) is 2.47. The Bertz CT molecular complexity index is 185. The fraction of sp³-hybridized carbons (Fsp3) is 0.833. The van der Waals surface area contributed by atoms with E-state index in [9.17, 15) is 15.0 Å². The zero-order chi connectivity index (χ0) is 10.6. The van der Waals surface area contributed by atoms with Crippen molar-refractivity contribution in [1.29, 1.82) is 0 Å². The van der Waals surface area contributed by atoms with Crippen molar-refractivity contribution in [2.24, 2.45) is 0 Å². The largest absolute Gasteiger partial charge is 3.00 e. The molecule has 0 aromatic rings. The summed E-state index contributed by atoms with van der Waals surface area (Å²) in [7, 11) is 0. The van der Waals surface area contributed by atoms with Crippen molar-refractivity contribution in [1.82, 2.24) is 0 Å². The number of aliphatic carboxylic acids is 1. The molecule has 0 spiro atoms. The van der Waals surface area contributed by atoms with Crippen LogP contribution in [0.4, 0.5) is 0 Å². The Morgan fingerprint density at radius 2 is 1.37 bits per heavy atom. The summed E-state index contributed by atoms with van der Waals surface area (Å²) in [5.41, 5.74) is 0. The van der Waals surface area contributed by atoms with Gasteiger partial charge in [-0.25, -0.2) is 0 Å². The molecule has 0 saturated carbocycles. The SMILES string of the molecule is O.O.O=C([O-])[C@H]([O-])[C@@H](O)[C@H](O)[C@H](O)CO.[Al+3].[K+].[OH-].[OH-]. The second kappa shape index (κ2) is 21.6. The molecule has 0 heterocycles. The molecule has 110 valence electrons. The number of aliphatic hydroxyl groups is 4. The Hall–Kier alpha value is 1.28. The van der Waals surface area contributed by atoms with Crippen molar-refractivity contribution >= 4 is 23.3 Å². The molecule has 0 unspecified atom stereocenters. The molecule has 10 N–H and O–H groups in total. The average Bonchev–Trinajstić information content (AvgIpc) is 2.12. The minimum absolute atomic E-state index is 0. The Balaban J connectivity index is -0.0000000480. The molecule has 13 heteroatoms. The maximum atomic E-state index is 10.5. The standard InChI is InChI=1S/C6H11O7.Al.K.4H2O/c7-1-2(8)3(9)4(10)5(11)6(12)13;;;;;;/h2-5,7-10H,1H2,(H,12,13);;;4*1H2/q-1;+3;+1;;;;/p-3/t2-,3-,4+,5-;;;;;;/m1....../s1. The summed E-state index contributed by atoms with van der Waals surface area (Å²) in [6, 6.07) is 0. The molecule has 4 atom stereocenters. The number of carbonyl (C=O) groups is 1. The molecule has 0 radical (unpaired) electrons. The molecular formula is C6H16AlKO11. The van der Waals surface area contributed by atoms with E-state index in [0.29, 0.717) is 0 Å². The summed E-state index contributed by atoms with van der Waals surface area (Å²) < 4.78 is 0. The Kier molecular flexibility index (Phi) is 48.5. The minimum Gasteiger partial charge on any atom is -0.870 e. The summed E-state index contributed by atoms with van der Waals surface area (Å²) in [4.78, 5) is 9.92. The maximum absolute atomic E-state index is 10.5. The molecular weight excluding hydrogens is 314 g/mol. The number of hydrogen-bond acceptors (Lipinski definition) is 9. The van der Waals surface area contributed by atoms with E-state index < -0.39 is 37.0 Å². The normalized spacial score (nSPS) is 13.9. The fourth-order valence-corrected chi connectivity index (χ4v) is 0.654. The van der Waals surface area contributed by atoms with E-state index in [1.54, 1.807) is 0 Å². The quantitative estimate of drug-likeness (QED) is 0.348. The van der Waals surface area contributed by atoms with E-state index >= 15 is 0 Å². The van der Waals surface area contributed by atoms with E-state index in [1.165, 1.54) is 0 Å². The maximum Gasteiger partial charge on any atom is 3.00 e. The molecule has 11 nitrogen and oxygen atoms in total. The van der Waals surface area contributed by atoms with Crippen molar-refractivity contribution in [2.75, 3.05) is 6.61 Å². The summed E-state index contributed by atoms with van der Waals surface area (Å²) >= 11 is 0. The van der Waals surface area contributed by atoms with E-state index in [4.69, 9.17) is 20.4 Å². The average molecular weight is 330 g/mol. The summed E-state index contributed by atoms with van der Waals surface area (Å²) in [6.07, 6.45) is -8.54. The van der Waals surface area contributed by atoms with Gasteiger partial charge in [-0.3, -0.25) is 0 Å². The zero-order valence-corrected chi connectivity index (χ0v) is 14.3. The number of hydrogen-bond donors (Lipinski definition) is 4. The smallest absolute Gasteiger partial charge is 0.870 e. The first-order valence-electron chi connectivity index (χ1n) is 3.43. The predicted molar refractivity (Wildman–Crippen MR) is 50.8 cm³/mol. The topological polar surface area (TPSA) is 267 Å². The number of carbonyl (C=O) groups excluding carboxylic acids is 1. The fourth-order valence-electron chi connectivity index (χ4n) is 0.654. The molecule has 0 bridgehead atoms. The van der Waals surface area contributed by atoms with Crippen molar-refractivity contribution in [3.05, 3.63) is 0 Å². The van der Waals surface area contributed by atoms with Gasteiger partial charge in [0, 0.05) is 5.97 Å². The van der Waals surface area contributed by atoms with Gasteiger partial charge in [0.15, 0.2) is 0 Å². The first-order chi connectivity index (χ1) is 5.91. The van der Waals surface area contributed by atoms with Crippen LogP contribution in [0.15, 0.2) is 0 Å². The third-order valence-corrected chi connectivity index (χ3v) is 1.47. The molecule has 0 aromatic heterocycles. The van der Waals surface area contributed by atoms with Gasteiger partial charge in [-0.2, -0.15) is 0 Å². The van der Waals surface area contributed by atoms with E-state index in [2.05, 4.69) is 0 Å². The zero-order valence-electron chi connectivity index (χ0n) is 10.0. The monoisotopic (exact) mass is 330 g/mol. The van der Waals surface area contributed by atoms with Crippen molar-refractivity contribution in [3.8, 4) is 0 Å². The van der Waals surface area contributed by atoms with Crippen molar-refractivity contribution < 1.29 is 109 Å². The van der Waals surface area contributed by atoms with Crippen LogP contribution < -0.4 is 61.6 Å². The first kappa shape index (κ1) is 42.7. The van der Waals surface area contributed by atoms with Crippen LogP contribution in [0.5, 0.6) is 0 Å². The van der Waals surface area contributed by atoms with Gasteiger partial charge < -0.3 is 57.3 Å². The van der Waals surface area contributed by atoms with Crippen LogP contribution in [0.2, 0.25) is 0 Å². The van der Waals surface area contributed by atoms with Crippen LogP contribution >= 0.6 is 0 Å². The second-order valence-electron chi connectivity index (χ2n) is 2.47. The van der Waals surface area contributed by atoms with Crippen LogP contribution in [0.3, 0.4) is 0 Å². The summed E-state index contributed by atoms with van der Waals surface area (Å²) in [5, 5.41) is 55.1. The molecule has 0 amide bonds. The third kappa shape index (κ3) is 15.5. The van der Waals surface area contributed by atoms with Gasteiger partial charge in [-0.05, 0) is 0 Å². The van der Waals surface area contributed by atoms with Gasteiger partial charge in [0.25, 0.3) is 0 Å². The number of aliphatic hydroxyl groups excluding tert-OH is 4. The molecule has 0 aromatic carbocycles. The van der Waals surface area contributed by atoms with Gasteiger partial charge in [-0.15, -0.1) is 0 Å². The van der Waals surface area contributed by atoms with E-state index in [-0.39, 0.29) is 90.7 Å². The number of rotatable bonds is 5. The van der Waals surface area contributed by atoms with E-state index in [0.717, 1.165) is 0 Å². The Labute approximate surface area is 161 Å². The van der Waals surface area contributed by atoms with Crippen LogP contribution in [0.25, 0.3) is 0 Å². The Morgan fingerprint density at radius 1 is 1.05 bits per heavy atom. The molecule has 0 aliphatic rings. The third-order valence-electron chi connectivity index (χ3n) is 1.47. The molecule has 0 saturated heterocycles. The molecule has 0 rings (SSSR count). The van der Waals surface area contributed by atoms with Gasteiger partial charge in [0.05, 0.1) is 12.7 Å². The summed E-state index contributed by atoms with van der Waals surface area (Å²) in [6.45, 7) is -0.891. The van der Waals surface area contributed by atoms with Crippen LogP contribution in [-0.4, -0.2) is 96.7 Å². The van der Waals surface area contributed by atoms with Crippen LogP contribution in [0.1, 0.15) is 0 Å². The minimum atomic E-state index is -2.56. The Morgan fingerprint density at radius 3 is 1.58 bits per heavy atom. The van der Waals surface area contributed by atoms with Gasteiger partial charge in [0.2, 0.25) is 0 Å². The van der Waals surface area contributed by atoms with Crippen molar-refractivity contribution in [3.63, 3.8) is 0 Å². The molecule has 0 aliphatic heterocycles. The molecule has 0 aliphatic carbocycles. The van der Waals surface area contributed by atoms with Gasteiger partial charge in [0.1, 0.15) is 12.2 Å². The summed E-state index contributed by atoms with van der Waals surface area (Å²) in [5.74, 6) is -2.09. The van der Waals surface area contributed by atoms with Crippen LogP contribution in [0, 0.1) is 0 Å². The van der Waals surface area contributed by atoms with Gasteiger partial charge in [-0.1, -0.05) is 6.10 Å². The molecule has 19 heavy (non-hydrogen) atoms. The number of carboxylic acid groups (broad SMARTS) is 1. The van der Waals surface area contributed by atoms with E-state index in [1.807, 2.05) is 0 Å². The van der Waals surface area contributed by atoms with Crippen molar-refractivity contribution in [2.45, 2.75) is 24.4 Å². The predicted octanol–water partition coefficient (Wildman–Crippen LogP) is -10.8. The first-order valence-corrected chi connectivity index (χ1v) is 3.43. The van der Waals surface area contributed by atoms with Crippen LogP contribution in [-0.2, 0) is 4.79 Å². The number of carboxylic acids is 1. The molecule has 0 fully saturated rings.